The van der Waals surface area contributed by atoms with Gasteiger partial charge in [0.15, 0.2) is 0 Å². The molecule has 20 heavy (non-hydrogen) atoms. The van der Waals surface area contributed by atoms with Crippen molar-refractivity contribution in [1.29, 1.82) is 0 Å². The van der Waals surface area contributed by atoms with E-state index in [0.29, 0.717) is 19.5 Å². The molecule has 0 bridgehead atoms. The Bertz CT molecular complexity index is 373. The number of aliphatic carboxylic acids is 1. The zero-order chi connectivity index (χ0) is 15.3. The first-order chi connectivity index (χ1) is 9.23. The molecule has 0 aromatic heterocycles. The molecule has 0 spiro atoms. The molecule has 1 heterocycles. The lowest BCUT2D eigenvalue weighted by Crippen LogP contribution is -2.45. The van der Waals surface area contributed by atoms with Crippen molar-refractivity contribution in [1.82, 2.24) is 4.90 Å². The lowest BCUT2D eigenvalue weighted by atomic mass is 9.82. The summed E-state index contributed by atoms with van der Waals surface area (Å²) in [5.74, 6) is -0.361. The number of hydrogen-bond donors (Lipinski definition) is 1. The molecular weight excluding hydrogens is 258 g/mol. The van der Waals surface area contributed by atoms with Gasteiger partial charge in [0, 0.05) is 19.5 Å². The maximum Gasteiger partial charge on any atom is 0.410 e. The molecule has 0 aromatic rings. The Kier molecular flexibility index (Phi) is 5.60. The number of nitrogens with zero attached hydrogens (tertiary/aromatic N) is 1. The molecule has 1 aliphatic heterocycles. The molecule has 1 rings (SSSR count). The minimum atomic E-state index is -0.776. The van der Waals surface area contributed by atoms with Crippen LogP contribution in [0.4, 0.5) is 4.79 Å². The lowest BCUT2D eigenvalue weighted by molar-refractivity contribution is -0.137. The quantitative estimate of drug-likeness (QED) is 0.806. The van der Waals surface area contributed by atoms with Gasteiger partial charge in [0.25, 0.3) is 0 Å². The number of ether oxygens (including phenoxy) is 1. The van der Waals surface area contributed by atoms with Gasteiger partial charge >= 0.3 is 12.1 Å². The van der Waals surface area contributed by atoms with Crippen molar-refractivity contribution in [2.75, 3.05) is 13.1 Å². The first-order valence-electron chi connectivity index (χ1n) is 7.05. The third kappa shape index (κ3) is 5.23. The molecule has 5 heteroatoms. The van der Waals surface area contributed by atoms with Crippen LogP contribution in [0.15, 0.2) is 12.7 Å². The molecule has 0 unspecified atom stereocenters. The highest BCUT2D eigenvalue weighted by Crippen LogP contribution is 2.29. The first kappa shape index (κ1) is 16.5. The Balaban J connectivity index is 2.56. The summed E-state index contributed by atoms with van der Waals surface area (Å²) in [6, 6.07) is 0. The molecule has 1 saturated heterocycles. The third-order valence-corrected chi connectivity index (χ3v) is 3.49. The molecule has 1 N–H and O–H groups in total. The Morgan fingerprint density at radius 3 is 2.60 bits per heavy atom. The van der Waals surface area contributed by atoms with Gasteiger partial charge in [0.05, 0.1) is 0 Å². The Morgan fingerprint density at radius 2 is 2.10 bits per heavy atom. The largest absolute Gasteiger partial charge is 0.481 e. The molecule has 1 aliphatic rings. The van der Waals surface area contributed by atoms with Crippen LogP contribution in [-0.2, 0) is 9.53 Å². The molecular formula is C15H25NO4. The summed E-state index contributed by atoms with van der Waals surface area (Å²) in [6.07, 6.45) is 3.11. The van der Waals surface area contributed by atoms with E-state index in [4.69, 9.17) is 9.84 Å². The predicted octanol–water partition coefficient (Wildman–Crippen LogP) is 2.91. The Labute approximate surface area is 120 Å². The molecule has 114 valence electrons. The monoisotopic (exact) mass is 283 g/mol. The number of amides is 1. The second-order valence-electron chi connectivity index (χ2n) is 6.31. The van der Waals surface area contributed by atoms with Crippen molar-refractivity contribution in [3.05, 3.63) is 12.7 Å². The zero-order valence-corrected chi connectivity index (χ0v) is 12.6. The smallest absolute Gasteiger partial charge is 0.410 e. The average molecular weight is 283 g/mol. The molecule has 5 nitrogen and oxygen atoms in total. The molecule has 0 saturated carbocycles. The topological polar surface area (TPSA) is 66.8 Å². The van der Waals surface area contributed by atoms with Gasteiger partial charge in [-0.2, -0.15) is 0 Å². The fraction of sp³-hybridized carbons (Fsp3) is 0.733. The van der Waals surface area contributed by atoms with E-state index in [1.54, 1.807) is 4.90 Å². The van der Waals surface area contributed by atoms with Gasteiger partial charge in [-0.25, -0.2) is 4.79 Å². The second-order valence-corrected chi connectivity index (χ2v) is 6.31. The highest BCUT2D eigenvalue weighted by atomic mass is 16.6. The SMILES string of the molecule is C=C[C@H]1CN(C(=O)OC(C)(C)C)CC[C@H]1CCC(=O)O. The standard InChI is InChI=1S/C15H25NO4/c1-5-11-10-16(14(19)20-15(2,3)4)9-8-12(11)6-7-13(17)18/h5,11-12H,1,6-10H2,2-4H3,(H,17,18)/t11-,12+/m0/s1. The summed E-state index contributed by atoms with van der Waals surface area (Å²) in [5, 5.41) is 8.76. The minimum Gasteiger partial charge on any atom is -0.481 e. The summed E-state index contributed by atoms with van der Waals surface area (Å²) < 4.78 is 5.36. The summed E-state index contributed by atoms with van der Waals surface area (Å²) in [4.78, 5) is 24.4. The number of likely N-dealkylation sites (tertiary alicyclic amines) is 1. The van der Waals surface area contributed by atoms with E-state index in [2.05, 4.69) is 6.58 Å². The van der Waals surface area contributed by atoms with Crippen molar-refractivity contribution in [2.45, 2.75) is 45.6 Å². The van der Waals surface area contributed by atoms with Crippen LogP contribution in [0, 0.1) is 11.8 Å². The zero-order valence-electron chi connectivity index (χ0n) is 12.6. The van der Waals surface area contributed by atoms with Crippen LogP contribution < -0.4 is 0 Å². The average Bonchev–Trinajstić information content (AvgIpc) is 2.33. The van der Waals surface area contributed by atoms with E-state index in [-0.39, 0.29) is 24.3 Å². The summed E-state index contributed by atoms with van der Waals surface area (Å²) in [5.41, 5.74) is -0.499. The fourth-order valence-corrected chi connectivity index (χ4v) is 2.46. The van der Waals surface area contributed by atoms with Crippen LogP contribution in [0.2, 0.25) is 0 Å². The van der Waals surface area contributed by atoms with Gasteiger partial charge in [-0.15, -0.1) is 6.58 Å². The number of hydrogen-bond acceptors (Lipinski definition) is 3. The number of rotatable bonds is 4. The maximum atomic E-state index is 12.0. The molecule has 0 radical (unpaired) electrons. The van der Waals surface area contributed by atoms with Gasteiger partial charge in [-0.1, -0.05) is 6.08 Å². The van der Waals surface area contributed by atoms with Crippen LogP contribution in [0.25, 0.3) is 0 Å². The van der Waals surface area contributed by atoms with E-state index >= 15 is 0 Å². The van der Waals surface area contributed by atoms with Crippen LogP contribution in [-0.4, -0.2) is 40.8 Å². The molecule has 0 aliphatic carbocycles. The number of carbonyl (C=O) groups is 2. The fourth-order valence-electron chi connectivity index (χ4n) is 2.46. The highest BCUT2D eigenvalue weighted by Gasteiger charge is 2.32. The third-order valence-electron chi connectivity index (χ3n) is 3.49. The van der Waals surface area contributed by atoms with Gasteiger partial charge < -0.3 is 14.7 Å². The van der Waals surface area contributed by atoms with Crippen molar-refractivity contribution in [3.8, 4) is 0 Å². The summed E-state index contributed by atoms with van der Waals surface area (Å²) >= 11 is 0. The normalized spacial score (nSPS) is 23.2. The van der Waals surface area contributed by atoms with Crippen LogP contribution in [0.3, 0.4) is 0 Å². The van der Waals surface area contributed by atoms with Crippen LogP contribution in [0.1, 0.15) is 40.0 Å². The highest BCUT2D eigenvalue weighted by molar-refractivity contribution is 5.68. The van der Waals surface area contributed by atoms with Crippen LogP contribution >= 0.6 is 0 Å². The second kappa shape index (κ2) is 6.77. The minimum absolute atomic E-state index is 0.135. The number of carbonyl (C=O) groups excluding carboxylic acids is 1. The van der Waals surface area contributed by atoms with Crippen molar-refractivity contribution < 1.29 is 19.4 Å². The number of piperidine rings is 1. The predicted molar refractivity (Wildman–Crippen MR) is 76.5 cm³/mol. The lowest BCUT2D eigenvalue weighted by Gasteiger charge is -2.37. The number of carboxylic acid groups (broad SMARTS) is 1. The molecule has 0 aromatic carbocycles. The van der Waals surface area contributed by atoms with E-state index in [1.807, 2.05) is 26.8 Å². The van der Waals surface area contributed by atoms with Gasteiger partial charge in [-0.3, -0.25) is 4.79 Å². The van der Waals surface area contributed by atoms with Gasteiger partial charge in [0.2, 0.25) is 0 Å². The van der Waals surface area contributed by atoms with Crippen molar-refractivity contribution in [3.63, 3.8) is 0 Å². The van der Waals surface area contributed by atoms with E-state index in [1.165, 1.54) is 0 Å². The Morgan fingerprint density at radius 1 is 1.45 bits per heavy atom. The first-order valence-corrected chi connectivity index (χ1v) is 7.05. The van der Waals surface area contributed by atoms with Crippen molar-refractivity contribution in [2.24, 2.45) is 11.8 Å². The van der Waals surface area contributed by atoms with E-state index in [9.17, 15) is 9.59 Å². The summed E-state index contributed by atoms with van der Waals surface area (Å²) in [7, 11) is 0. The van der Waals surface area contributed by atoms with Gasteiger partial charge in [0.1, 0.15) is 5.60 Å². The molecule has 1 fully saturated rings. The van der Waals surface area contributed by atoms with Crippen LogP contribution in [0.5, 0.6) is 0 Å². The van der Waals surface area contributed by atoms with Gasteiger partial charge in [-0.05, 0) is 45.4 Å². The maximum absolute atomic E-state index is 12.0. The van der Waals surface area contributed by atoms with Crippen molar-refractivity contribution >= 4 is 12.1 Å². The molecule has 2 atom stereocenters. The summed E-state index contributed by atoms with van der Waals surface area (Å²) in [6.45, 7) is 10.5. The molecule has 1 amide bonds. The van der Waals surface area contributed by atoms with E-state index < -0.39 is 11.6 Å². The van der Waals surface area contributed by atoms with E-state index in [0.717, 1.165) is 6.42 Å². The number of carboxylic acids is 1. The Hall–Kier alpha value is -1.52.